The average Bonchev–Trinajstić information content (AvgIpc) is 2.57. The van der Waals surface area contributed by atoms with Gasteiger partial charge in [-0.1, -0.05) is 41.4 Å². The van der Waals surface area contributed by atoms with Gasteiger partial charge in [-0.05, 0) is 31.2 Å². The third-order valence-corrected chi connectivity index (χ3v) is 3.93. The molecule has 3 rings (SSSR count). The molecule has 1 atom stereocenters. The van der Waals surface area contributed by atoms with Gasteiger partial charge in [0.25, 0.3) is 5.91 Å². The molecule has 0 saturated heterocycles. The van der Waals surface area contributed by atoms with Gasteiger partial charge in [-0.25, -0.2) is 0 Å². The first-order valence-corrected chi connectivity index (χ1v) is 7.93. The summed E-state index contributed by atoms with van der Waals surface area (Å²) in [6, 6.07) is 12.4. The molecule has 1 heterocycles. The van der Waals surface area contributed by atoms with Crippen LogP contribution in [-0.4, -0.2) is 22.2 Å². The van der Waals surface area contributed by atoms with E-state index in [-0.39, 0.29) is 5.91 Å². The predicted molar refractivity (Wildman–Crippen MR) is 94.7 cm³/mol. The highest BCUT2D eigenvalue weighted by molar-refractivity contribution is 6.36. The van der Waals surface area contributed by atoms with Crippen LogP contribution in [0.5, 0.6) is 5.88 Å². The summed E-state index contributed by atoms with van der Waals surface area (Å²) in [5, 5.41) is 13.1. The lowest BCUT2D eigenvalue weighted by atomic mass is 10.2. The number of anilines is 1. The lowest BCUT2D eigenvalue weighted by molar-refractivity contribution is -0.122. The van der Waals surface area contributed by atoms with E-state index in [0.717, 1.165) is 10.8 Å². The molecule has 2 aromatic carbocycles. The molecule has 0 spiro atoms. The van der Waals surface area contributed by atoms with Gasteiger partial charge >= 0.3 is 0 Å². The first-order chi connectivity index (χ1) is 11.5. The largest absolute Gasteiger partial charge is 0.463 e. The van der Waals surface area contributed by atoms with E-state index in [0.29, 0.717) is 21.6 Å². The molecule has 3 aromatic rings. The number of carbonyl (C=O) groups is 1. The van der Waals surface area contributed by atoms with Crippen LogP contribution >= 0.6 is 23.2 Å². The minimum Gasteiger partial charge on any atom is -0.463 e. The van der Waals surface area contributed by atoms with Gasteiger partial charge in [0.15, 0.2) is 6.10 Å². The Labute approximate surface area is 148 Å². The van der Waals surface area contributed by atoms with Gasteiger partial charge < -0.3 is 10.1 Å². The highest BCUT2D eigenvalue weighted by atomic mass is 35.5. The number of fused-ring (bicyclic) bond motifs is 1. The highest BCUT2D eigenvalue weighted by Crippen LogP contribution is 2.26. The van der Waals surface area contributed by atoms with Crippen LogP contribution in [0.4, 0.5) is 5.69 Å². The second-order valence-corrected chi connectivity index (χ2v) is 5.95. The van der Waals surface area contributed by atoms with Crippen molar-refractivity contribution in [3.8, 4) is 5.88 Å². The molecule has 0 bridgehead atoms. The van der Waals surface area contributed by atoms with Crippen molar-refractivity contribution in [3.05, 3.63) is 58.7 Å². The molecule has 0 aliphatic rings. The van der Waals surface area contributed by atoms with Gasteiger partial charge in [0.1, 0.15) is 0 Å². The van der Waals surface area contributed by atoms with Gasteiger partial charge in [-0.2, -0.15) is 5.10 Å². The molecular weight excluding hydrogens is 349 g/mol. The molecule has 122 valence electrons. The SMILES string of the molecule is C[C@@H](Oc1nncc2ccccc12)C(=O)Nc1ccc(Cl)cc1Cl. The number of rotatable bonds is 4. The third kappa shape index (κ3) is 3.58. The Morgan fingerprint density at radius 3 is 2.79 bits per heavy atom. The lowest BCUT2D eigenvalue weighted by Crippen LogP contribution is -2.30. The van der Waals surface area contributed by atoms with E-state index in [1.54, 1.807) is 31.3 Å². The van der Waals surface area contributed by atoms with E-state index in [2.05, 4.69) is 15.5 Å². The average molecular weight is 362 g/mol. The van der Waals surface area contributed by atoms with Crippen LogP contribution in [0.1, 0.15) is 6.92 Å². The smallest absolute Gasteiger partial charge is 0.265 e. The fourth-order valence-electron chi connectivity index (χ4n) is 2.13. The van der Waals surface area contributed by atoms with Crippen molar-refractivity contribution in [1.29, 1.82) is 0 Å². The maximum atomic E-state index is 12.3. The number of nitrogens with zero attached hydrogens (tertiary/aromatic N) is 2. The summed E-state index contributed by atoms with van der Waals surface area (Å²) >= 11 is 11.9. The zero-order chi connectivity index (χ0) is 17.1. The zero-order valence-electron chi connectivity index (χ0n) is 12.7. The summed E-state index contributed by atoms with van der Waals surface area (Å²) in [5.41, 5.74) is 0.463. The van der Waals surface area contributed by atoms with E-state index >= 15 is 0 Å². The molecule has 1 amide bonds. The minimum absolute atomic E-state index is 0.304. The van der Waals surface area contributed by atoms with E-state index in [4.69, 9.17) is 27.9 Å². The highest BCUT2D eigenvalue weighted by Gasteiger charge is 2.18. The van der Waals surface area contributed by atoms with Crippen molar-refractivity contribution in [2.45, 2.75) is 13.0 Å². The third-order valence-electron chi connectivity index (χ3n) is 3.38. The van der Waals surface area contributed by atoms with E-state index in [1.807, 2.05) is 24.3 Å². The van der Waals surface area contributed by atoms with Crippen molar-refractivity contribution in [2.24, 2.45) is 0 Å². The minimum atomic E-state index is -0.781. The number of halogens is 2. The molecule has 0 fully saturated rings. The molecule has 1 N–H and O–H groups in total. The van der Waals surface area contributed by atoms with Crippen molar-refractivity contribution < 1.29 is 9.53 Å². The predicted octanol–water partition coefficient (Wildman–Crippen LogP) is 4.34. The zero-order valence-corrected chi connectivity index (χ0v) is 14.2. The molecule has 0 saturated carbocycles. The van der Waals surface area contributed by atoms with Gasteiger partial charge in [0, 0.05) is 15.8 Å². The molecule has 7 heteroatoms. The Morgan fingerprint density at radius 2 is 2.00 bits per heavy atom. The van der Waals surface area contributed by atoms with Crippen molar-refractivity contribution in [1.82, 2.24) is 10.2 Å². The van der Waals surface area contributed by atoms with Crippen LogP contribution in [0.2, 0.25) is 10.0 Å². The van der Waals surface area contributed by atoms with E-state index in [9.17, 15) is 4.79 Å². The maximum Gasteiger partial charge on any atom is 0.265 e. The van der Waals surface area contributed by atoms with Crippen LogP contribution in [0.25, 0.3) is 10.8 Å². The normalized spacial score (nSPS) is 12.0. The standard InChI is InChI=1S/C17H13Cl2N3O2/c1-10(16(23)21-15-7-6-12(18)8-14(15)19)24-17-13-5-3-2-4-11(13)9-20-22-17/h2-10H,1H3,(H,21,23)/t10-/m1/s1. The summed E-state index contributed by atoms with van der Waals surface area (Å²) in [6.45, 7) is 1.63. The van der Waals surface area contributed by atoms with Gasteiger partial charge in [0.05, 0.1) is 16.9 Å². The number of amides is 1. The topological polar surface area (TPSA) is 64.1 Å². The van der Waals surface area contributed by atoms with E-state index in [1.165, 1.54) is 0 Å². The molecule has 0 aliphatic carbocycles. The summed E-state index contributed by atoms with van der Waals surface area (Å²) in [4.78, 5) is 12.3. The summed E-state index contributed by atoms with van der Waals surface area (Å²) in [5.74, 6) is -0.0492. The van der Waals surface area contributed by atoms with Gasteiger partial charge in [-0.3, -0.25) is 4.79 Å². The van der Waals surface area contributed by atoms with Crippen LogP contribution in [0.15, 0.2) is 48.7 Å². The molecule has 1 aromatic heterocycles. The number of hydrogen-bond acceptors (Lipinski definition) is 4. The van der Waals surface area contributed by atoms with E-state index < -0.39 is 6.10 Å². The first kappa shape index (κ1) is 16.5. The Hall–Kier alpha value is -2.37. The van der Waals surface area contributed by atoms with Gasteiger partial charge in [0.2, 0.25) is 5.88 Å². The Bertz CT molecular complexity index is 897. The Balaban J connectivity index is 1.76. The summed E-state index contributed by atoms with van der Waals surface area (Å²) in [6.07, 6.45) is 0.859. The van der Waals surface area contributed by atoms with Crippen LogP contribution in [-0.2, 0) is 4.79 Å². The number of nitrogens with one attached hydrogen (secondary N) is 1. The molecule has 24 heavy (non-hydrogen) atoms. The Morgan fingerprint density at radius 1 is 1.21 bits per heavy atom. The van der Waals surface area contributed by atoms with Crippen LogP contribution in [0.3, 0.4) is 0 Å². The number of carbonyl (C=O) groups excluding carboxylic acids is 1. The second kappa shape index (κ2) is 7.03. The fraction of sp³-hybridized carbons (Fsp3) is 0.118. The molecule has 0 unspecified atom stereocenters. The van der Waals surface area contributed by atoms with Crippen molar-refractivity contribution in [2.75, 3.05) is 5.32 Å². The number of benzene rings is 2. The lowest BCUT2D eigenvalue weighted by Gasteiger charge is -2.15. The maximum absolute atomic E-state index is 12.3. The quantitative estimate of drug-likeness (QED) is 0.750. The molecule has 5 nitrogen and oxygen atoms in total. The van der Waals surface area contributed by atoms with Crippen LogP contribution < -0.4 is 10.1 Å². The number of ether oxygens (including phenoxy) is 1. The fourth-order valence-corrected chi connectivity index (χ4v) is 2.59. The summed E-state index contributed by atoms with van der Waals surface area (Å²) in [7, 11) is 0. The molecule has 0 radical (unpaired) electrons. The Kier molecular flexibility index (Phi) is 4.83. The van der Waals surface area contributed by atoms with Gasteiger partial charge in [-0.15, -0.1) is 5.10 Å². The summed E-state index contributed by atoms with van der Waals surface area (Å²) < 4.78 is 5.67. The number of hydrogen-bond donors (Lipinski definition) is 1. The monoisotopic (exact) mass is 361 g/mol. The number of aromatic nitrogens is 2. The second-order valence-electron chi connectivity index (χ2n) is 5.11. The first-order valence-electron chi connectivity index (χ1n) is 7.17. The molecule has 0 aliphatic heterocycles. The van der Waals surface area contributed by atoms with Crippen molar-refractivity contribution in [3.63, 3.8) is 0 Å². The van der Waals surface area contributed by atoms with Crippen molar-refractivity contribution >= 4 is 45.6 Å². The van der Waals surface area contributed by atoms with Crippen LogP contribution in [0, 0.1) is 0 Å². The molecular formula is C17H13Cl2N3O2.